The summed E-state index contributed by atoms with van der Waals surface area (Å²) in [6.07, 6.45) is 0. The van der Waals surface area contributed by atoms with E-state index in [2.05, 4.69) is 12.1 Å². The lowest BCUT2D eigenvalue weighted by Gasteiger charge is -2.15. The van der Waals surface area contributed by atoms with Gasteiger partial charge in [-0.05, 0) is 42.5 Å². The Labute approximate surface area is 226 Å². The number of hydrogen-bond acceptors (Lipinski definition) is 6. The van der Waals surface area contributed by atoms with Crippen molar-refractivity contribution in [2.45, 2.75) is 0 Å². The van der Waals surface area contributed by atoms with Crippen molar-refractivity contribution in [3.63, 3.8) is 0 Å². The van der Waals surface area contributed by atoms with E-state index in [0.29, 0.717) is 23.0 Å². The summed E-state index contributed by atoms with van der Waals surface area (Å²) in [4.78, 5) is 5.27. The monoisotopic (exact) mass is 517 g/mol. The first kappa shape index (κ1) is 24.3. The van der Waals surface area contributed by atoms with E-state index in [0.717, 1.165) is 50.0 Å². The lowest BCUT2D eigenvalue weighted by atomic mass is 9.98. The summed E-state index contributed by atoms with van der Waals surface area (Å²) in [6, 6.07) is 30.0. The molecule has 2 heterocycles. The van der Waals surface area contributed by atoms with Gasteiger partial charge in [-0.15, -0.1) is 0 Å². The summed E-state index contributed by atoms with van der Waals surface area (Å²) < 4.78 is 24.4. The molecule has 2 aromatic heterocycles. The number of benzene rings is 4. The summed E-state index contributed by atoms with van der Waals surface area (Å²) in [5.74, 6) is 2.51. The Hall–Kier alpha value is -5.04. The molecular formula is C32H27N3O4. The molecule has 0 saturated heterocycles. The molecule has 0 aliphatic heterocycles. The van der Waals surface area contributed by atoms with Crippen molar-refractivity contribution in [1.29, 1.82) is 0 Å². The Balaban J connectivity index is 1.79. The van der Waals surface area contributed by atoms with Crippen LogP contribution in [-0.4, -0.2) is 43.2 Å². The van der Waals surface area contributed by atoms with Crippen molar-refractivity contribution in [3.05, 3.63) is 91.0 Å². The SMILES string of the molecule is COc1ccc(-c2nc3c(c(-c4ccccc4)nn3-c3ccccc3)c3cc(OC)c(OC)cc23)cc1OC. The highest BCUT2D eigenvalue weighted by Gasteiger charge is 2.23. The fourth-order valence-electron chi connectivity index (χ4n) is 4.96. The van der Waals surface area contributed by atoms with Crippen molar-refractivity contribution >= 4 is 21.8 Å². The van der Waals surface area contributed by atoms with E-state index in [9.17, 15) is 0 Å². The van der Waals surface area contributed by atoms with Crippen LogP contribution in [0.5, 0.6) is 23.0 Å². The Morgan fingerprint density at radius 2 is 1.13 bits per heavy atom. The van der Waals surface area contributed by atoms with Crippen LogP contribution in [0.1, 0.15) is 0 Å². The summed E-state index contributed by atoms with van der Waals surface area (Å²) in [5, 5.41) is 7.88. The summed E-state index contributed by atoms with van der Waals surface area (Å²) in [7, 11) is 6.52. The van der Waals surface area contributed by atoms with Crippen LogP contribution in [0, 0.1) is 0 Å². The normalized spacial score (nSPS) is 11.1. The van der Waals surface area contributed by atoms with Gasteiger partial charge in [-0.1, -0.05) is 48.5 Å². The molecule has 0 amide bonds. The van der Waals surface area contributed by atoms with Crippen LogP contribution in [0.3, 0.4) is 0 Å². The van der Waals surface area contributed by atoms with E-state index in [1.807, 2.05) is 83.5 Å². The molecule has 0 radical (unpaired) electrons. The molecule has 4 aromatic carbocycles. The van der Waals surface area contributed by atoms with Gasteiger partial charge in [-0.25, -0.2) is 9.67 Å². The summed E-state index contributed by atoms with van der Waals surface area (Å²) in [6.45, 7) is 0. The number of para-hydroxylation sites is 1. The first-order chi connectivity index (χ1) is 19.2. The molecule has 39 heavy (non-hydrogen) atoms. The Morgan fingerprint density at radius 3 is 1.77 bits per heavy atom. The number of methoxy groups -OCH3 is 4. The molecule has 0 aliphatic carbocycles. The second-order valence-corrected chi connectivity index (χ2v) is 8.94. The molecule has 0 atom stereocenters. The van der Waals surface area contributed by atoms with Crippen molar-refractivity contribution in [2.24, 2.45) is 0 Å². The molecule has 0 unspecified atom stereocenters. The molecule has 7 nitrogen and oxygen atoms in total. The van der Waals surface area contributed by atoms with E-state index in [1.165, 1.54) is 0 Å². The quantitative estimate of drug-likeness (QED) is 0.228. The molecule has 7 heteroatoms. The molecule has 0 fully saturated rings. The van der Waals surface area contributed by atoms with Crippen molar-refractivity contribution in [1.82, 2.24) is 14.8 Å². The van der Waals surface area contributed by atoms with Crippen molar-refractivity contribution in [2.75, 3.05) is 28.4 Å². The molecule has 0 bridgehead atoms. The topological polar surface area (TPSA) is 67.6 Å². The van der Waals surface area contributed by atoms with Crippen molar-refractivity contribution < 1.29 is 18.9 Å². The van der Waals surface area contributed by atoms with E-state index < -0.39 is 0 Å². The molecule has 0 spiro atoms. The number of ether oxygens (including phenoxy) is 4. The van der Waals surface area contributed by atoms with Crippen LogP contribution < -0.4 is 18.9 Å². The van der Waals surface area contributed by atoms with Gasteiger partial charge in [0, 0.05) is 21.9 Å². The minimum absolute atomic E-state index is 0.615. The Bertz CT molecular complexity index is 1800. The number of aromatic nitrogens is 3. The van der Waals surface area contributed by atoms with Gasteiger partial charge in [0.05, 0.1) is 45.2 Å². The fraction of sp³-hybridized carbons (Fsp3) is 0.125. The third kappa shape index (κ3) is 4.08. The molecule has 6 aromatic rings. The number of fused-ring (bicyclic) bond motifs is 3. The summed E-state index contributed by atoms with van der Waals surface area (Å²) >= 11 is 0. The first-order valence-corrected chi connectivity index (χ1v) is 12.5. The third-order valence-corrected chi connectivity index (χ3v) is 6.83. The van der Waals surface area contributed by atoms with Gasteiger partial charge < -0.3 is 18.9 Å². The Morgan fingerprint density at radius 1 is 0.538 bits per heavy atom. The molecule has 0 saturated carbocycles. The fourth-order valence-corrected chi connectivity index (χ4v) is 4.96. The average Bonchev–Trinajstić information content (AvgIpc) is 3.40. The maximum atomic E-state index is 5.73. The van der Waals surface area contributed by atoms with Crippen LogP contribution in [0.4, 0.5) is 0 Å². The number of hydrogen-bond donors (Lipinski definition) is 0. The van der Waals surface area contributed by atoms with Gasteiger partial charge in [0.15, 0.2) is 28.6 Å². The zero-order chi connectivity index (χ0) is 26.9. The predicted octanol–water partition coefficient (Wildman–Crippen LogP) is 6.94. The van der Waals surface area contributed by atoms with Crippen LogP contribution in [0.2, 0.25) is 0 Å². The van der Waals surface area contributed by atoms with E-state index in [4.69, 9.17) is 29.0 Å². The van der Waals surface area contributed by atoms with Crippen LogP contribution in [0.15, 0.2) is 91.0 Å². The number of pyridine rings is 1. The maximum Gasteiger partial charge on any atom is 0.164 e. The van der Waals surface area contributed by atoms with E-state index >= 15 is 0 Å². The average molecular weight is 518 g/mol. The second-order valence-electron chi connectivity index (χ2n) is 8.94. The lowest BCUT2D eigenvalue weighted by molar-refractivity contribution is 0.355. The highest BCUT2D eigenvalue weighted by molar-refractivity contribution is 6.16. The zero-order valence-corrected chi connectivity index (χ0v) is 22.1. The highest BCUT2D eigenvalue weighted by Crippen LogP contribution is 2.44. The van der Waals surface area contributed by atoms with Gasteiger partial charge in [0.1, 0.15) is 5.69 Å². The predicted molar refractivity (Wildman–Crippen MR) is 153 cm³/mol. The number of rotatable bonds is 7. The molecule has 0 N–H and O–H groups in total. The molecule has 6 rings (SSSR count). The third-order valence-electron chi connectivity index (χ3n) is 6.83. The van der Waals surface area contributed by atoms with Gasteiger partial charge in [0.25, 0.3) is 0 Å². The van der Waals surface area contributed by atoms with Gasteiger partial charge in [-0.2, -0.15) is 5.10 Å². The van der Waals surface area contributed by atoms with Crippen LogP contribution in [-0.2, 0) is 0 Å². The van der Waals surface area contributed by atoms with Crippen LogP contribution >= 0.6 is 0 Å². The minimum atomic E-state index is 0.615. The highest BCUT2D eigenvalue weighted by atomic mass is 16.5. The lowest BCUT2D eigenvalue weighted by Crippen LogP contribution is -1.99. The van der Waals surface area contributed by atoms with Crippen LogP contribution in [0.25, 0.3) is 50.0 Å². The second kappa shape index (κ2) is 10.0. The maximum absolute atomic E-state index is 5.73. The van der Waals surface area contributed by atoms with Crippen molar-refractivity contribution in [3.8, 4) is 51.2 Å². The van der Waals surface area contributed by atoms with Gasteiger partial charge in [-0.3, -0.25) is 0 Å². The van der Waals surface area contributed by atoms with E-state index in [-0.39, 0.29) is 0 Å². The standard InChI is InChI=1S/C32H27N3O4/c1-36-25-16-15-21(17-26(25)37-2)30-24-19-28(39-4)27(38-3)18-23(24)29-31(20-11-7-5-8-12-20)34-35(32(29)33-30)22-13-9-6-10-14-22/h5-19H,1-4H3. The molecule has 0 aliphatic rings. The minimum Gasteiger partial charge on any atom is -0.493 e. The van der Waals surface area contributed by atoms with E-state index in [1.54, 1.807) is 28.4 Å². The largest absolute Gasteiger partial charge is 0.493 e. The molecule has 194 valence electrons. The smallest absolute Gasteiger partial charge is 0.164 e. The van der Waals surface area contributed by atoms with Gasteiger partial charge in [0.2, 0.25) is 0 Å². The Kier molecular flexibility index (Phi) is 6.25. The zero-order valence-electron chi connectivity index (χ0n) is 22.1. The van der Waals surface area contributed by atoms with Gasteiger partial charge >= 0.3 is 0 Å². The number of nitrogens with zero attached hydrogens (tertiary/aromatic N) is 3. The first-order valence-electron chi connectivity index (χ1n) is 12.5. The molecular weight excluding hydrogens is 490 g/mol. The summed E-state index contributed by atoms with van der Waals surface area (Å²) in [5.41, 5.74) is 5.09.